The lowest BCUT2D eigenvalue weighted by atomic mass is 10.0. The van der Waals surface area contributed by atoms with E-state index in [1.54, 1.807) is 0 Å². The molecule has 8 nitrogen and oxygen atoms in total. The summed E-state index contributed by atoms with van der Waals surface area (Å²) in [7, 11) is -4.24. The topological polar surface area (TPSA) is 128 Å². The summed E-state index contributed by atoms with van der Waals surface area (Å²) in [5.41, 5.74) is 5.18. The minimum absolute atomic E-state index is 0.0769. The van der Waals surface area contributed by atoms with Gasteiger partial charge >= 0.3 is 13.8 Å². The monoisotopic (exact) mass is 537 g/mol. The molecule has 0 aromatic rings. The third-order valence-corrected chi connectivity index (χ3v) is 7.21. The van der Waals surface area contributed by atoms with E-state index in [1.807, 2.05) is 0 Å². The highest BCUT2D eigenvalue weighted by atomic mass is 31.2. The van der Waals surface area contributed by atoms with E-state index in [1.165, 1.54) is 103 Å². The van der Waals surface area contributed by atoms with Gasteiger partial charge in [-0.3, -0.25) is 13.8 Å². The fourth-order valence-electron chi connectivity index (χ4n) is 4.04. The number of carbonyl (C=O) groups excluding carboxylic acids is 1. The molecule has 0 aromatic heterocycles. The van der Waals surface area contributed by atoms with Crippen molar-refractivity contribution in [2.24, 2.45) is 5.73 Å². The Balaban J connectivity index is 3.35. The fraction of sp³-hybridized carbons (Fsp3) is 0.963. The number of carbonyl (C=O) groups is 1. The van der Waals surface area contributed by atoms with Gasteiger partial charge in [-0.2, -0.15) is 0 Å². The summed E-state index contributed by atoms with van der Waals surface area (Å²) in [6.45, 7) is 1.47. The van der Waals surface area contributed by atoms with E-state index in [-0.39, 0.29) is 25.7 Å². The van der Waals surface area contributed by atoms with Crippen LogP contribution in [0.4, 0.5) is 0 Å². The van der Waals surface area contributed by atoms with Gasteiger partial charge < -0.3 is 20.5 Å². The van der Waals surface area contributed by atoms with Crippen molar-refractivity contribution < 1.29 is 33.1 Å². The average molecular weight is 538 g/mol. The van der Waals surface area contributed by atoms with Gasteiger partial charge in [-0.1, -0.05) is 122 Å². The van der Waals surface area contributed by atoms with Crippen LogP contribution in [0.15, 0.2) is 0 Å². The van der Waals surface area contributed by atoms with Crippen LogP contribution in [0.2, 0.25) is 0 Å². The summed E-state index contributed by atoms with van der Waals surface area (Å²) >= 11 is 0. The van der Waals surface area contributed by atoms with Gasteiger partial charge in [0, 0.05) is 13.0 Å². The summed E-state index contributed by atoms with van der Waals surface area (Å²) in [5, 5.41) is 9.71. The van der Waals surface area contributed by atoms with Crippen molar-refractivity contribution in [1.29, 1.82) is 0 Å². The van der Waals surface area contributed by atoms with Crippen LogP contribution in [0, 0.1) is 0 Å². The molecule has 0 spiro atoms. The second-order valence-corrected chi connectivity index (χ2v) is 11.3. The molecular formula is C27H56NO7P. The lowest BCUT2D eigenvalue weighted by molar-refractivity contribution is -0.147. The standard InChI is InChI=1S/C27H56NO7P/c1-2-3-4-5-6-7-8-9-10-11-12-13-14-15-16-17-18-19-20-21-27(30)33-24-26(29)25-35-36(31,32)34-23-22-28/h26,29H,2-25,28H2,1H3,(H,31,32)/t26-/m1/s1. The third kappa shape index (κ3) is 26.6. The Morgan fingerprint density at radius 1 is 0.722 bits per heavy atom. The number of phosphoric ester groups is 1. The van der Waals surface area contributed by atoms with Gasteiger partial charge in [0.05, 0.1) is 13.2 Å². The Hall–Kier alpha value is -0.500. The molecule has 0 saturated heterocycles. The van der Waals surface area contributed by atoms with E-state index in [0.29, 0.717) is 6.42 Å². The van der Waals surface area contributed by atoms with Crippen molar-refractivity contribution in [3.8, 4) is 0 Å². The van der Waals surface area contributed by atoms with Crippen molar-refractivity contribution in [3.63, 3.8) is 0 Å². The first kappa shape index (κ1) is 35.5. The minimum atomic E-state index is -4.24. The van der Waals surface area contributed by atoms with Gasteiger partial charge in [0.2, 0.25) is 0 Å². The van der Waals surface area contributed by atoms with Gasteiger partial charge in [0.25, 0.3) is 0 Å². The predicted octanol–water partition coefficient (Wildman–Crippen LogP) is 6.80. The molecule has 0 aliphatic carbocycles. The van der Waals surface area contributed by atoms with E-state index in [9.17, 15) is 19.4 Å². The van der Waals surface area contributed by atoms with Crippen molar-refractivity contribution in [2.45, 2.75) is 141 Å². The number of ether oxygens (including phenoxy) is 1. The first-order chi connectivity index (χ1) is 17.4. The molecular weight excluding hydrogens is 481 g/mol. The molecule has 4 N–H and O–H groups in total. The number of unbranched alkanes of at least 4 members (excludes halogenated alkanes) is 18. The maximum absolute atomic E-state index is 11.8. The molecule has 0 heterocycles. The zero-order chi connectivity index (χ0) is 26.7. The molecule has 1 unspecified atom stereocenters. The SMILES string of the molecule is CCCCCCCCCCCCCCCCCCCCCC(=O)OC[C@@H](O)COP(=O)(O)OCCN. The van der Waals surface area contributed by atoms with Crippen LogP contribution >= 0.6 is 7.82 Å². The van der Waals surface area contributed by atoms with Gasteiger partial charge in [-0.15, -0.1) is 0 Å². The van der Waals surface area contributed by atoms with Gasteiger partial charge in [0.15, 0.2) is 0 Å². The number of hydrogen-bond donors (Lipinski definition) is 3. The van der Waals surface area contributed by atoms with Crippen molar-refractivity contribution in [1.82, 2.24) is 0 Å². The Labute approximate surface area is 220 Å². The van der Waals surface area contributed by atoms with Crippen LogP contribution in [0.3, 0.4) is 0 Å². The van der Waals surface area contributed by atoms with E-state index >= 15 is 0 Å². The van der Waals surface area contributed by atoms with Gasteiger partial charge in [-0.05, 0) is 6.42 Å². The molecule has 0 fully saturated rings. The summed E-state index contributed by atoms with van der Waals surface area (Å²) in [6.07, 6.45) is 23.9. The minimum Gasteiger partial charge on any atom is -0.463 e. The van der Waals surface area contributed by atoms with Crippen LogP contribution in [-0.4, -0.2) is 48.4 Å². The van der Waals surface area contributed by atoms with Crippen LogP contribution < -0.4 is 5.73 Å². The molecule has 0 aromatic carbocycles. The van der Waals surface area contributed by atoms with E-state index in [0.717, 1.165) is 19.3 Å². The molecule has 0 rings (SSSR count). The van der Waals surface area contributed by atoms with Crippen LogP contribution in [0.5, 0.6) is 0 Å². The van der Waals surface area contributed by atoms with Crippen LogP contribution in [0.25, 0.3) is 0 Å². The Morgan fingerprint density at radius 3 is 1.56 bits per heavy atom. The number of hydrogen-bond acceptors (Lipinski definition) is 7. The normalized spacial score (nSPS) is 14.0. The number of rotatable bonds is 28. The number of esters is 1. The fourth-order valence-corrected chi connectivity index (χ4v) is 4.81. The summed E-state index contributed by atoms with van der Waals surface area (Å²) in [6, 6.07) is 0. The Morgan fingerprint density at radius 2 is 1.14 bits per heavy atom. The maximum atomic E-state index is 11.8. The molecule has 0 saturated carbocycles. The average Bonchev–Trinajstić information content (AvgIpc) is 2.86. The highest BCUT2D eigenvalue weighted by Crippen LogP contribution is 2.42. The Bertz CT molecular complexity index is 536. The summed E-state index contributed by atoms with van der Waals surface area (Å²) < 4.78 is 25.6. The molecule has 0 amide bonds. The number of aliphatic hydroxyl groups is 1. The molecule has 9 heteroatoms. The summed E-state index contributed by atoms with van der Waals surface area (Å²) in [5.74, 6) is -0.382. The first-order valence-corrected chi connectivity index (χ1v) is 16.1. The first-order valence-electron chi connectivity index (χ1n) is 14.6. The molecule has 0 aliphatic rings. The quantitative estimate of drug-likeness (QED) is 0.0564. The number of nitrogens with two attached hydrogens (primary N) is 1. The highest BCUT2D eigenvalue weighted by molar-refractivity contribution is 7.47. The second-order valence-electron chi connectivity index (χ2n) is 9.84. The lowest BCUT2D eigenvalue weighted by Crippen LogP contribution is -2.23. The van der Waals surface area contributed by atoms with E-state index in [4.69, 9.17) is 10.5 Å². The summed E-state index contributed by atoms with van der Waals surface area (Å²) in [4.78, 5) is 21.1. The van der Waals surface area contributed by atoms with E-state index < -0.39 is 20.5 Å². The highest BCUT2D eigenvalue weighted by Gasteiger charge is 2.22. The molecule has 0 bridgehead atoms. The van der Waals surface area contributed by atoms with Crippen molar-refractivity contribution >= 4 is 13.8 Å². The molecule has 2 atom stereocenters. The molecule has 0 radical (unpaired) electrons. The number of aliphatic hydroxyl groups excluding tert-OH is 1. The second kappa shape index (κ2) is 26.1. The maximum Gasteiger partial charge on any atom is 0.472 e. The van der Waals surface area contributed by atoms with Crippen LogP contribution in [-0.2, 0) is 23.1 Å². The van der Waals surface area contributed by atoms with Gasteiger partial charge in [0.1, 0.15) is 12.7 Å². The van der Waals surface area contributed by atoms with Crippen molar-refractivity contribution in [3.05, 3.63) is 0 Å². The Kier molecular flexibility index (Phi) is 25.8. The zero-order valence-corrected chi connectivity index (χ0v) is 23.9. The lowest BCUT2D eigenvalue weighted by Gasteiger charge is -2.15. The van der Waals surface area contributed by atoms with Crippen molar-refractivity contribution in [2.75, 3.05) is 26.4 Å². The smallest absolute Gasteiger partial charge is 0.463 e. The van der Waals surface area contributed by atoms with Gasteiger partial charge in [-0.25, -0.2) is 4.57 Å². The van der Waals surface area contributed by atoms with E-state index in [2.05, 4.69) is 16.0 Å². The zero-order valence-electron chi connectivity index (χ0n) is 23.0. The molecule has 36 heavy (non-hydrogen) atoms. The molecule has 216 valence electrons. The number of phosphoric acid groups is 1. The predicted molar refractivity (Wildman–Crippen MR) is 146 cm³/mol. The largest absolute Gasteiger partial charge is 0.472 e. The third-order valence-electron chi connectivity index (χ3n) is 6.22. The molecule has 0 aliphatic heterocycles. The van der Waals surface area contributed by atoms with Crippen LogP contribution in [0.1, 0.15) is 135 Å².